The molecule has 0 atom stereocenters. The van der Waals surface area contributed by atoms with Gasteiger partial charge in [0, 0.05) is 11.6 Å². The van der Waals surface area contributed by atoms with Crippen molar-refractivity contribution >= 4 is 12.0 Å². The second-order valence-electron chi connectivity index (χ2n) is 4.30. The van der Waals surface area contributed by atoms with Gasteiger partial charge in [0.15, 0.2) is 0 Å². The molecule has 1 aromatic carbocycles. The van der Waals surface area contributed by atoms with Crippen LogP contribution < -0.4 is 5.73 Å². The summed E-state index contributed by atoms with van der Waals surface area (Å²) in [5.74, 6) is -0.981. The minimum absolute atomic E-state index is 0.0486. The third-order valence-electron chi connectivity index (χ3n) is 1.62. The molecule has 0 saturated heterocycles. The maximum absolute atomic E-state index is 9.25. The van der Waals surface area contributed by atoms with Crippen molar-refractivity contribution in [1.29, 1.82) is 0 Å². The number of hydrogen-bond acceptors (Lipinski definition) is 3. The van der Waals surface area contributed by atoms with Gasteiger partial charge in [-0.05, 0) is 19.4 Å². The molecule has 0 aliphatic carbocycles. The lowest BCUT2D eigenvalue weighted by atomic mass is 10.1. The molecule has 106 valence electrons. The summed E-state index contributed by atoms with van der Waals surface area (Å²) in [4.78, 5) is 9.25. The topological polar surface area (TPSA) is 83.5 Å². The van der Waals surface area contributed by atoms with Crippen LogP contribution >= 0.6 is 0 Å². The van der Waals surface area contributed by atoms with Crippen molar-refractivity contribution < 1.29 is 15.0 Å². The molecule has 0 bridgehead atoms. The Morgan fingerprint density at radius 3 is 1.84 bits per heavy atom. The van der Waals surface area contributed by atoms with Crippen LogP contribution in [0.3, 0.4) is 0 Å². The second kappa shape index (κ2) is 11.2. The van der Waals surface area contributed by atoms with E-state index in [4.69, 9.17) is 15.9 Å². The van der Waals surface area contributed by atoms with Crippen LogP contribution in [0.4, 0.5) is 0 Å². The van der Waals surface area contributed by atoms with Gasteiger partial charge in [0.2, 0.25) is 0 Å². The zero-order valence-electron chi connectivity index (χ0n) is 11.5. The molecule has 0 heterocycles. The summed E-state index contributed by atoms with van der Waals surface area (Å²) in [5, 5.41) is 15.9. The Hall–Kier alpha value is -1.91. The number of aliphatic carboxylic acids is 1. The highest BCUT2D eigenvalue weighted by Crippen LogP contribution is 1.97. The standard InChI is InChI=1S/C8H8.C4H11NO.C3H4O2/c1-2-8-6-4-3-5-7-8;1-4(2,5)3-6;1-2-3(4)5/h2-7H,1H2;6H,3,5H2,1-2H3;2H,1H2,(H,4,5). The Morgan fingerprint density at radius 2 is 1.68 bits per heavy atom. The van der Waals surface area contributed by atoms with Crippen LogP contribution in [0.2, 0.25) is 0 Å². The van der Waals surface area contributed by atoms with E-state index < -0.39 is 11.5 Å². The minimum Gasteiger partial charge on any atom is -0.478 e. The van der Waals surface area contributed by atoms with Gasteiger partial charge in [-0.15, -0.1) is 0 Å². The first-order valence-electron chi connectivity index (χ1n) is 5.69. The Bertz CT molecular complexity index is 367. The lowest BCUT2D eigenvalue weighted by molar-refractivity contribution is -0.131. The van der Waals surface area contributed by atoms with Crippen molar-refractivity contribution in [2.24, 2.45) is 5.73 Å². The maximum Gasteiger partial charge on any atom is 0.327 e. The summed E-state index contributed by atoms with van der Waals surface area (Å²) in [6, 6.07) is 10.0. The molecule has 0 saturated carbocycles. The van der Waals surface area contributed by atoms with Crippen LogP contribution in [0.15, 0.2) is 49.6 Å². The van der Waals surface area contributed by atoms with Gasteiger partial charge in [-0.1, -0.05) is 49.6 Å². The number of carboxylic acid groups (broad SMARTS) is 1. The van der Waals surface area contributed by atoms with Crippen molar-refractivity contribution in [3.05, 3.63) is 55.1 Å². The molecule has 1 aromatic rings. The second-order valence-corrected chi connectivity index (χ2v) is 4.30. The Balaban J connectivity index is 0. The lowest BCUT2D eigenvalue weighted by Gasteiger charge is -2.12. The number of carboxylic acids is 1. The zero-order chi connectivity index (χ0) is 15.3. The fourth-order valence-corrected chi connectivity index (χ4v) is 0.589. The number of benzene rings is 1. The molecule has 4 nitrogen and oxygen atoms in total. The van der Waals surface area contributed by atoms with Crippen LogP contribution in [0.5, 0.6) is 0 Å². The first-order chi connectivity index (χ1) is 8.76. The number of aliphatic hydroxyl groups is 1. The van der Waals surface area contributed by atoms with Gasteiger partial charge in [0.25, 0.3) is 0 Å². The van der Waals surface area contributed by atoms with E-state index in [-0.39, 0.29) is 6.61 Å². The third kappa shape index (κ3) is 18.6. The molecule has 0 aliphatic rings. The summed E-state index contributed by atoms with van der Waals surface area (Å²) in [5.41, 5.74) is 6.06. The predicted octanol–water partition coefficient (Wildman–Crippen LogP) is 2.30. The number of aliphatic hydroxyl groups excluding tert-OH is 1. The molecule has 19 heavy (non-hydrogen) atoms. The Morgan fingerprint density at radius 1 is 1.32 bits per heavy atom. The van der Waals surface area contributed by atoms with Crippen LogP contribution in [-0.4, -0.2) is 28.3 Å². The molecule has 4 N–H and O–H groups in total. The Kier molecular flexibility index (Phi) is 11.4. The van der Waals surface area contributed by atoms with Crippen molar-refractivity contribution in [1.82, 2.24) is 0 Å². The predicted molar refractivity (Wildman–Crippen MR) is 79.7 cm³/mol. The smallest absolute Gasteiger partial charge is 0.327 e. The average molecular weight is 265 g/mol. The van der Waals surface area contributed by atoms with Gasteiger partial charge in [0.1, 0.15) is 0 Å². The summed E-state index contributed by atoms with van der Waals surface area (Å²) < 4.78 is 0. The molecular formula is C15H23NO3. The maximum atomic E-state index is 9.25. The highest BCUT2D eigenvalue weighted by atomic mass is 16.4. The molecule has 0 fully saturated rings. The minimum atomic E-state index is -0.981. The number of hydrogen-bond donors (Lipinski definition) is 3. The highest BCUT2D eigenvalue weighted by Gasteiger charge is 2.05. The summed E-state index contributed by atoms with van der Waals surface area (Å²) >= 11 is 0. The molecular weight excluding hydrogens is 242 g/mol. The lowest BCUT2D eigenvalue weighted by Crippen LogP contribution is -2.35. The van der Waals surface area contributed by atoms with E-state index in [1.54, 1.807) is 13.8 Å². The molecule has 0 amide bonds. The summed E-state index contributed by atoms with van der Waals surface area (Å²) in [6.07, 6.45) is 2.67. The van der Waals surface area contributed by atoms with Gasteiger partial charge in [-0.2, -0.15) is 0 Å². The SMILES string of the molecule is C=CC(=O)O.C=Cc1ccccc1.CC(C)(N)CO. The van der Waals surface area contributed by atoms with Crippen LogP contribution in [0, 0.1) is 0 Å². The van der Waals surface area contributed by atoms with Crippen LogP contribution in [0.1, 0.15) is 19.4 Å². The van der Waals surface area contributed by atoms with Crippen LogP contribution in [0.25, 0.3) is 6.08 Å². The Labute approximate surface area is 114 Å². The fourth-order valence-electron chi connectivity index (χ4n) is 0.589. The van der Waals surface area contributed by atoms with Crippen molar-refractivity contribution in [3.63, 3.8) is 0 Å². The number of carbonyl (C=O) groups is 1. The first kappa shape index (κ1) is 19.4. The van der Waals surface area contributed by atoms with E-state index in [1.165, 1.54) is 5.56 Å². The average Bonchev–Trinajstić information content (AvgIpc) is 2.40. The molecule has 0 aliphatic heterocycles. The fraction of sp³-hybridized carbons (Fsp3) is 0.267. The van der Waals surface area contributed by atoms with E-state index in [9.17, 15) is 4.79 Å². The quantitative estimate of drug-likeness (QED) is 0.732. The van der Waals surface area contributed by atoms with E-state index in [0.29, 0.717) is 0 Å². The van der Waals surface area contributed by atoms with E-state index >= 15 is 0 Å². The molecule has 0 spiro atoms. The molecule has 1 rings (SSSR count). The molecule has 0 aromatic heterocycles. The van der Waals surface area contributed by atoms with Gasteiger partial charge in [-0.3, -0.25) is 0 Å². The molecule has 4 heteroatoms. The summed E-state index contributed by atoms with van der Waals surface area (Å²) in [6.45, 7) is 10.2. The summed E-state index contributed by atoms with van der Waals surface area (Å²) in [7, 11) is 0. The highest BCUT2D eigenvalue weighted by molar-refractivity contribution is 5.78. The van der Waals surface area contributed by atoms with Gasteiger partial charge < -0.3 is 15.9 Å². The largest absolute Gasteiger partial charge is 0.478 e. The van der Waals surface area contributed by atoms with Crippen molar-refractivity contribution in [3.8, 4) is 0 Å². The third-order valence-corrected chi connectivity index (χ3v) is 1.62. The molecule has 0 unspecified atom stereocenters. The normalized spacial score (nSPS) is 9.05. The van der Waals surface area contributed by atoms with Gasteiger partial charge >= 0.3 is 5.97 Å². The van der Waals surface area contributed by atoms with E-state index in [0.717, 1.165) is 6.08 Å². The number of rotatable bonds is 3. The first-order valence-corrected chi connectivity index (χ1v) is 5.69. The zero-order valence-corrected chi connectivity index (χ0v) is 11.5. The van der Waals surface area contributed by atoms with E-state index in [1.807, 2.05) is 36.4 Å². The molecule has 0 radical (unpaired) electrons. The van der Waals surface area contributed by atoms with Crippen molar-refractivity contribution in [2.75, 3.05) is 6.61 Å². The van der Waals surface area contributed by atoms with Gasteiger partial charge in [0.05, 0.1) is 6.61 Å². The van der Waals surface area contributed by atoms with Crippen molar-refractivity contribution in [2.45, 2.75) is 19.4 Å². The monoisotopic (exact) mass is 265 g/mol. The van der Waals surface area contributed by atoms with E-state index in [2.05, 4.69) is 13.2 Å². The number of nitrogens with two attached hydrogens (primary N) is 1. The van der Waals surface area contributed by atoms with Gasteiger partial charge in [-0.25, -0.2) is 4.79 Å². The van der Waals surface area contributed by atoms with Crippen LogP contribution in [-0.2, 0) is 4.79 Å².